The Bertz CT molecular complexity index is 3890. The molecule has 1 heterocycles. The number of hydrogen-bond acceptors (Lipinski definition) is 0. The van der Waals surface area contributed by atoms with Crippen LogP contribution in [0, 0.1) is 18.8 Å². The number of aryl methyl sites for hydroxylation is 1. The van der Waals surface area contributed by atoms with Crippen LogP contribution in [0.25, 0.3) is 38.6 Å². The lowest BCUT2D eigenvalue weighted by Gasteiger charge is -2.39. The van der Waals surface area contributed by atoms with E-state index in [1.54, 1.807) is 22.3 Å². The zero-order valence-electron chi connectivity index (χ0n) is 40.7. The predicted octanol–water partition coefficient (Wildman–Crippen LogP) is 17.0. The van der Waals surface area contributed by atoms with Crippen LogP contribution < -0.4 is 0 Å². The molecule has 0 aliphatic heterocycles. The lowest BCUT2D eigenvalue weighted by Crippen LogP contribution is -2.35. The highest BCUT2D eigenvalue weighted by Crippen LogP contribution is 2.67. The normalized spacial score (nSPS) is 19.9. The number of nitrogens with zero attached hydrogens (tertiary/aromatic N) is 1. The van der Waals surface area contributed by atoms with Crippen molar-refractivity contribution < 1.29 is 0 Å². The lowest BCUT2D eigenvalue weighted by molar-refractivity contribution is 0.345. The van der Waals surface area contributed by atoms with Crippen molar-refractivity contribution in [3.63, 3.8) is 0 Å². The minimum Gasteiger partial charge on any atom is -0.309 e. The van der Waals surface area contributed by atoms with Crippen LogP contribution in [0.3, 0.4) is 0 Å². The number of rotatable bonds is 8. The maximum Gasteiger partial charge on any atom is 0.0544 e. The average Bonchev–Trinajstić information content (AvgIpc) is 4.22. The van der Waals surface area contributed by atoms with Gasteiger partial charge in [0.2, 0.25) is 0 Å². The highest BCUT2D eigenvalue weighted by atomic mass is 15.0. The average molecular weight is 922 g/mol. The van der Waals surface area contributed by atoms with E-state index in [2.05, 4.69) is 248 Å². The topological polar surface area (TPSA) is 4.93 Å². The summed E-state index contributed by atoms with van der Waals surface area (Å²) in [6.45, 7) is 2.18. The van der Waals surface area contributed by atoms with Crippen LogP contribution >= 0.6 is 0 Å². The van der Waals surface area contributed by atoms with Gasteiger partial charge in [-0.3, -0.25) is 0 Å². The third kappa shape index (κ3) is 6.07. The van der Waals surface area contributed by atoms with E-state index >= 15 is 0 Å². The predicted molar refractivity (Wildman–Crippen MR) is 297 cm³/mol. The van der Waals surface area contributed by atoms with Gasteiger partial charge in [0.25, 0.3) is 0 Å². The molecule has 1 fully saturated rings. The fourth-order valence-corrected chi connectivity index (χ4v) is 15.2. The van der Waals surface area contributed by atoms with Gasteiger partial charge in [0.15, 0.2) is 0 Å². The molecule has 1 spiro atoms. The van der Waals surface area contributed by atoms with Gasteiger partial charge in [-0.25, -0.2) is 0 Å². The van der Waals surface area contributed by atoms with Gasteiger partial charge in [0.05, 0.1) is 11.0 Å². The summed E-state index contributed by atoms with van der Waals surface area (Å²) in [6, 6.07) is 91.0. The molecule has 0 N–H and O–H groups in total. The molecule has 6 atom stereocenters. The van der Waals surface area contributed by atoms with Gasteiger partial charge in [0.1, 0.15) is 0 Å². The monoisotopic (exact) mass is 921 g/mol. The van der Waals surface area contributed by atoms with Crippen LogP contribution in [0.4, 0.5) is 0 Å². The molecule has 1 saturated carbocycles. The van der Waals surface area contributed by atoms with Crippen LogP contribution in [0.5, 0.6) is 0 Å². The Hall–Kier alpha value is -8.00. The fourth-order valence-electron chi connectivity index (χ4n) is 15.2. The second-order valence-corrected chi connectivity index (χ2v) is 21.4. The van der Waals surface area contributed by atoms with Crippen molar-refractivity contribution in [2.24, 2.45) is 11.8 Å². The van der Waals surface area contributed by atoms with E-state index in [4.69, 9.17) is 0 Å². The maximum atomic E-state index is 2.60. The van der Waals surface area contributed by atoms with Gasteiger partial charge < -0.3 is 4.57 Å². The molecule has 4 aliphatic carbocycles. The molecule has 4 aliphatic rings. The Kier molecular flexibility index (Phi) is 9.44. The molecule has 0 amide bonds. The van der Waals surface area contributed by atoms with Crippen molar-refractivity contribution in [2.75, 3.05) is 0 Å². The molecule has 6 unspecified atom stereocenters. The van der Waals surface area contributed by atoms with Crippen molar-refractivity contribution >= 4 is 21.8 Å². The second-order valence-electron chi connectivity index (χ2n) is 21.4. The molecule has 0 bridgehead atoms. The number of hydrogen-bond donors (Lipinski definition) is 0. The summed E-state index contributed by atoms with van der Waals surface area (Å²) in [5.41, 5.74) is 26.5. The molecule has 1 aromatic heterocycles. The Morgan fingerprint density at radius 1 is 0.417 bits per heavy atom. The quantitative estimate of drug-likeness (QED) is 0.134. The molecular formula is C71H55N. The van der Waals surface area contributed by atoms with Crippen molar-refractivity contribution in [1.82, 2.24) is 4.57 Å². The highest BCUT2D eigenvalue weighted by Gasteiger charge is 2.62. The maximum absolute atomic E-state index is 2.60. The van der Waals surface area contributed by atoms with Crippen LogP contribution in [0.2, 0.25) is 0 Å². The van der Waals surface area contributed by atoms with E-state index in [9.17, 15) is 0 Å². The molecule has 72 heavy (non-hydrogen) atoms. The molecule has 15 rings (SSSR count). The largest absolute Gasteiger partial charge is 0.309 e. The van der Waals surface area contributed by atoms with E-state index in [1.165, 1.54) is 107 Å². The van der Waals surface area contributed by atoms with Crippen LogP contribution in [0.15, 0.2) is 237 Å². The molecule has 0 saturated heterocycles. The minimum atomic E-state index is -0.0989. The van der Waals surface area contributed by atoms with Gasteiger partial charge in [-0.05, 0) is 152 Å². The zero-order chi connectivity index (χ0) is 47.5. The molecule has 1 nitrogen and oxygen atoms in total. The smallest absolute Gasteiger partial charge is 0.0544 e. The summed E-state index contributed by atoms with van der Waals surface area (Å²) in [4.78, 5) is 0. The third-order valence-corrected chi connectivity index (χ3v) is 17.9. The Balaban J connectivity index is 0.950. The molecular weight excluding hydrogens is 867 g/mol. The van der Waals surface area contributed by atoms with Crippen LogP contribution in [-0.2, 0) is 18.3 Å². The van der Waals surface area contributed by atoms with E-state index in [0.29, 0.717) is 11.8 Å². The Morgan fingerprint density at radius 3 is 1.62 bits per heavy atom. The van der Waals surface area contributed by atoms with Crippen molar-refractivity contribution in [1.29, 1.82) is 0 Å². The minimum absolute atomic E-state index is 0.0406. The first kappa shape index (κ1) is 41.8. The number of fused-ring (bicyclic) bond motifs is 8. The molecule has 10 aromatic carbocycles. The SMILES string of the molecule is Cc1ccc(-n2c3ccccc3c3ccc(C(c4ccccc4)c4cccc5c4C46c7c(cccc7C(c7ccccc7)c7ccc8c(c7)C(c7ccccc7)c7ccccc7-8)CC4CCC6C5)cc32)cc1. The number of para-hydroxylation sites is 1. The van der Waals surface area contributed by atoms with Gasteiger partial charge in [-0.15, -0.1) is 0 Å². The summed E-state index contributed by atoms with van der Waals surface area (Å²) < 4.78 is 2.50. The molecule has 0 radical (unpaired) electrons. The van der Waals surface area contributed by atoms with E-state index in [0.717, 1.165) is 12.8 Å². The zero-order valence-corrected chi connectivity index (χ0v) is 40.7. The Labute approximate surface area is 423 Å². The first-order valence-electron chi connectivity index (χ1n) is 26.4. The van der Waals surface area contributed by atoms with E-state index in [1.807, 2.05) is 0 Å². The van der Waals surface area contributed by atoms with Gasteiger partial charge >= 0.3 is 0 Å². The summed E-state index contributed by atoms with van der Waals surface area (Å²) in [5.74, 6) is 1.37. The van der Waals surface area contributed by atoms with Gasteiger partial charge in [-0.1, -0.05) is 218 Å². The van der Waals surface area contributed by atoms with Gasteiger partial charge in [0, 0.05) is 39.6 Å². The van der Waals surface area contributed by atoms with Crippen LogP contribution in [-0.4, -0.2) is 4.57 Å². The van der Waals surface area contributed by atoms with Crippen molar-refractivity contribution in [3.8, 4) is 16.8 Å². The molecule has 11 aromatic rings. The van der Waals surface area contributed by atoms with E-state index in [-0.39, 0.29) is 23.2 Å². The molecule has 344 valence electrons. The Morgan fingerprint density at radius 2 is 0.958 bits per heavy atom. The first-order valence-corrected chi connectivity index (χ1v) is 26.4. The summed E-state index contributed by atoms with van der Waals surface area (Å²) >= 11 is 0. The number of benzene rings is 10. The highest BCUT2D eigenvalue weighted by molar-refractivity contribution is 6.09. The van der Waals surface area contributed by atoms with Gasteiger partial charge in [-0.2, -0.15) is 0 Å². The van der Waals surface area contributed by atoms with Crippen LogP contribution in [0.1, 0.15) is 108 Å². The third-order valence-electron chi connectivity index (χ3n) is 17.9. The summed E-state index contributed by atoms with van der Waals surface area (Å²) in [7, 11) is 0. The number of aromatic nitrogens is 1. The standard InChI is InChI=1S/C71H55N/c1-45-31-37-55(38-32-45)72-64-30-14-13-26-58(64)59-40-34-50(44-65(59)72)67(47-19-7-3-8-20-47)62-29-16-24-52-42-54-36-35-53-41-51-23-15-28-61(69(51)71(53,54)70(52)62)66(46-17-5-2-6-18-46)49-33-39-57-56-25-11-12-27-60(56)68(63(57)43-49)48-21-9-4-10-22-48/h2-34,37-40,43-44,53-54,66-68H,35-36,41-42H2,1H3. The lowest BCUT2D eigenvalue weighted by atomic mass is 9.64. The summed E-state index contributed by atoms with van der Waals surface area (Å²) in [6.07, 6.45) is 4.78. The van der Waals surface area contributed by atoms with E-state index < -0.39 is 0 Å². The second kappa shape index (κ2) is 16.3. The molecule has 1 heteroatoms. The van der Waals surface area contributed by atoms with Crippen molar-refractivity contribution in [2.45, 2.75) is 55.8 Å². The first-order chi connectivity index (χ1) is 35.6. The fraction of sp³-hybridized carbons (Fsp3) is 0.155. The van der Waals surface area contributed by atoms with Crippen molar-refractivity contribution in [3.05, 3.63) is 314 Å². The summed E-state index contributed by atoms with van der Waals surface area (Å²) in [5, 5.41) is 2.58.